The second-order valence-corrected chi connectivity index (χ2v) is 5.49. The van der Waals surface area contributed by atoms with Crippen LogP contribution in [0.15, 0.2) is 18.2 Å². The van der Waals surface area contributed by atoms with Gasteiger partial charge in [-0.15, -0.1) is 0 Å². The van der Waals surface area contributed by atoms with Gasteiger partial charge in [-0.3, -0.25) is 14.4 Å². The first kappa shape index (κ1) is 17.8. The molecule has 1 aromatic carbocycles. The third-order valence-corrected chi connectivity index (χ3v) is 3.73. The van der Waals surface area contributed by atoms with E-state index in [0.717, 1.165) is 19.3 Å². The number of unbranched alkanes of at least 4 members (excludes halogenated alkanes) is 3. The van der Waals surface area contributed by atoms with Gasteiger partial charge in [0.1, 0.15) is 0 Å². The molecule has 1 aromatic rings. The van der Waals surface area contributed by atoms with Crippen LogP contribution in [0.4, 0.5) is 0 Å². The van der Waals surface area contributed by atoms with Crippen molar-refractivity contribution in [3.8, 4) is 11.5 Å². The topological polar surface area (TPSA) is 93.7 Å². The molecular formula is C17H22N2O5. The van der Waals surface area contributed by atoms with E-state index in [-0.39, 0.29) is 24.9 Å². The normalized spacial score (nSPS) is 11.9. The highest BCUT2D eigenvalue weighted by molar-refractivity contribution is 6.36. The molecule has 1 aliphatic rings. The highest BCUT2D eigenvalue weighted by atomic mass is 16.7. The van der Waals surface area contributed by atoms with Gasteiger partial charge in [0.15, 0.2) is 11.5 Å². The maximum absolute atomic E-state index is 12.0. The summed E-state index contributed by atoms with van der Waals surface area (Å²) in [6.45, 7) is 0.749. The molecule has 7 heteroatoms. The Morgan fingerprint density at radius 3 is 2.58 bits per heavy atom. The summed E-state index contributed by atoms with van der Waals surface area (Å²) in [5.41, 5.74) is 0.537. The fourth-order valence-corrected chi connectivity index (χ4v) is 2.36. The van der Waals surface area contributed by atoms with Crippen molar-refractivity contribution in [2.24, 2.45) is 0 Å². The SMILES string of the molecule is CNC(=O)C(=O)CCCCCCNC(=O)c1ccc2c(c1)OCO2. The van der Waals surface area contributed by atoms with Gasteiger partial charge in [0, 0.05) is 25.6 Å². The minimum Gasteiger partial charge on any atom is -0.454 e. The lowest BCUT2D eigenvalue weighted by Crippen LogP contribution is -2.27. The Balaban J connectivity index is 1.58. The number of nitrogens with one attached hydrogen (secondary N) is 2. The van der Waals surface area contributed by atoms with E-state index in [1.807, 2.05) is 0 Å². The van der Waals surface area contributed by atoms with E-state index >= 15 is 0 Å². The van der Waals surface area contributed by atoms with Crippen molar-refractivity contribution in [3.05, 3.63) is 23.8 Å². The van der Waals surface area contributed by atoms with Crippen LogP contribution in [-0.2, 0) is 9.59 Å². The molecule has 2 amide bonds. The number of benzene rings is 1. The first-order valence-electron chi connectivity index (χ1n) is 8.04. The smallest absolute Gasteiger partial charge is 0.287 e. The molecule has 0 aromatic heterocycles. The van der Waals surface area contributed by atoms with Crippen molar-refractivity contribution in [3.63, 3.8) is 0 Å². The molecule has 130 valence electrons. The average molecular weight is 334 g/mol. The predicted octanol–water partition coefficient (Wildman–Crippen LogP) is 1.41. The quantitative estimate of drug-likeness (QED) is 0.526. The van der Waals surface area contributed by atoms with Crippen LogP contribution in [-0.4, -0.2) is 38.0 Å². The van der Waals surface area contributed by atoms with Crippen molar-refractivity contribution in [1.29, 1.82) is 0 Å². The third kappa shape index (κ3) is 4.97. The van der Waals surface area contributed by atoms with Crippen molar-refractivity contribution in [2.45, 2.75) is 32.1 Å². The van der Waals surface area contributed by atoms with Gasteiger partial charge in [-0.1, -0.05) is 12.8 Å². The molecular weight excluding hydrogens is 312 g/mol. The van der Waals surface area contributed by atoms with Gasteiger partial charge in [0.2, 0.25) is 12.6 Å². The Morgan fingerprint density at radius 2 is 1.79 bits per heavy atom. The molecule has 2 N–H and O–H groups in total. The van der Waals surface area contributed by atoms with Gasteiger partial charge in [0.25, 0.3) is 11.8 Å². The van der Waals surface area contributed by atoms with E-state index in [2.05, 4.69) is 10.6 Å². The van der Waals surface area contributed by atoms with Gasteiger partial charge >= 0.3 is 0 Å². The van der Waals surface area contributed by atoms with Crippen LogP contribution >= 0.6 is 0 Å². The van der Waals surface area contributed by atoms with E-state index in [1.165, 1.54) is 7.05 Å². The molecule has 0 saturated carbocycles. The Bertz CT molecular complexity index is 615. The minimum absolute atomic E-state index is 0.150. The number of carbonyl (C=O) groups is 3. The Morgan fingerprint density at radius 1 is 1.04 bits per heavy atom. The number of ketones is 1. The molecule has 0 saturated heterocycles. The molecule has 0 atom stereocenters. The number of fused-ring (bicyclic) bond motifs is 1. The summed E-state index contributed by atoms with van der Waals surface area (Å²) in [7, 11) is 1.45. The Kier molecular flexibility index (Phi) is 6.60. The lowest BCUT2D eigenvalue weighted by atomic mass is 10.1. The van der Waals surface area contributed by atoms with Crippen molar-refractivity contribution >= 4 is 17.6 Å². The zero-order valence-corrected chi connectivity index (χ0v) is 13.7. The van der Waals surface area contributed by atoms with Crippen LogP contribution in [0.5, 0.6) is 11.5 Å². The third-order valence-electron chi connectivity index (χ3n) is 3.73. The standard InChI is InChI=1S/C17H22N2O5/c1-18-17(22)13(20)6-4-2-3-5-9-19-16(21)12-7-8-14-15(10-12)24-11-23-14/h7-8,10H,2-6,9,11H2,1H3,(H,18,22)(H,19,21). The second kappa shape index (κ2) is 8.90. The summed E-state index contributed by atoms with van der Waals surface area (Å²) >= 11 is 0. The number of amides is 2. The molecule has 0 fully saturated rings. The number of hydrogen-bond acceptors (Lipinski definition) is 5. The number of hydrogen-bond donors (Lipinski definition) is 2. The molecule has 0 bridgehead atoms. The number of rotatable bonds is 9. The van der Waals surface area contributed by atoms with E-state index in [0.29, 0.717) is 30.0 Å². The number of likely N-dealkylation sites (N-methyl/N-ethyl adjacent to an activating group) is 1. The largest absolute Gasteiger partial charge is 0.454 e. The monoisotopic (exact) mass is 334 g/mol. The first-order valence-corrected chi connectivity index (χ1v) is 8.04. The van der Waals surface area contributed by atoms with E-state index in [1.54, 1.807) is 18.2 Å². The lowest BCUT2D eigenvalue weighted by Gasteiger charge is -2.06. The highest BCUT2D eigenvalue weighted by Crippen LogP contribution is 2.32. The molecule has 1 heterocycles. The fourth-order valence-electron chi connectivity index (χ4n) is 2.36. The van der Waals surface area contributed by atoms with Crippen LogP contribution in [0.1, 0.15) is 42.5 Å². The molecule has 0 spiro atoms. The lowest BCUT2D eigenvalue weighted by molar-refractivity contribution is -0.137. The van der Waals surface area contributed by atoms with Crippen molar-refractivity contribution in [1.82, 2.24) is 10.6 Å². The first-order chi connectivity index (χ1) is 11.6. The van der Waals surface area contributed by atoms with Crippen LogP contribution in [0, 0.1) is 0 Å². The van der Waals surface area contributed by atoms with Gasteiger partial charge in [-0.25, -0.2) is 0 Å². The zero-order valence-electron chi connectivity index (χ0n) is 13.7. The van der Waals surface area contributed by atoms with Gasteiger partial charge in [-0.2, -0.15) is 0 Å². The average Bonchev–Trinajstić information content (AvgIpc) is 3.07. The molecule has 0 unspecified atom stereocenters. The summed E-state index contributed by atoms with van der Waals surface area (Å²) in [6.07, 6.45) is 3.51. The zero-order chi connectivity index (χ0) is 17.4. The number of ether oxygens (including phenoxy) is 2. The maximum Gasteiger partial charge on any atom is 0.287 e. The summed E-state index contributed by atoms with van der Waals surface area (Å²) in [5.74, 6) is 0.170. The van der Waals surface area contributed by atoms with Crippen LogP contribution in [0.3, 0.4) is 0 Å². The second-order valence-electron chi connectivity index (χ2n) is 5.49. The van der Waals surface area contributed by atoms with Crippen molar-refractivity contribution < 1.29 is 23.9 Å². The van der Waals surface area contributed by atoms with Crippen LogP contribution in [0.25, 0.3) is 0 Å². The predicted molar refractivity (Wildman–Crippen MR) is 87.1 cm³/mol. The summed E-state index contributed by atoms with van der Waals surface area (Å²) < 4.78 is 10.5. The van der Waals surface area contributed by atoms with E-state index < -0.39 is 5.91 Å². The highest BCUT2D eigenvalue weighted by Gasteiger charge is 2.16. The molecule has 7 nitrogen and oxygen atoms in total. The Labute approximate surface area is 140 Å². The minimum atomic E-state index is -0.536. The van der Waals surface area contributed by atoms with Gasteiger partial charge in [0.05, 0.1) is 0 Å². The van der Waals surface area contributed by atoms with E-state index in [9.17, 15) is 14.4 Å². The van der Waals surface area contributed by atoms with Crippen molar-refractivity contribution in [2.75, 3.05) is 20.4 Å². The summed E-state index contributed by atoms with van der Waals surface area (Å²) in [4.78, 5) is 34.4. The van der Waals surface area contributed by atoms with Crippen LogP contribution < -0.4 is 20.1 Å². The summed E-state index contributed by atoms with van der Waals surface area (Å²) in [5, 5.41) is 5.17. The van der Waals surface area contributed by atoms with Gasteiger partial charge in [-0.05, 0) is 31.0 Å². The molecule has 1 aliphatic heterocycles. The Hall–Kier alpha value is -2.57. The molecule has 0 radical (unpaired) electrons. The molecule has 0 aliphatic carbocycles. The summed E-state index contributed by atoms with van der Waals surface area (Å²) in [6, 6.07) is 5.09. The molecule has 2 rings (SSSR count). The van der Waals surface area contributed by atoms with Gasteiger partial charge < -0.3 is 20.1 Å². The van der Waals surface area contributed by atoms with E-state index in [4.69, 9.17) is 9.47 Å². The maximum atomic E-state index is 12.0. The fraction of sp³-hybridized carbons (Fsp3) is 0.471. The number of Topliss-reactive ketones (excluding diaryl/α,β-unsaturated/α-hetero) is 1. The number of carbonyl (C=O) groups excluding carboxylic acids is 3. The molecule has 24 heavy (non-hydrogen) atoms. The van der Waals surface area contributed by atoms with Crippen LogP contribution in [0.2, 0.25) is 0 Å².